The first-order valence-corrected chi connectivity index (χ1v) is 7.35. The van der Waals surface area contributed by atoms with Gasteiger partial charge in [0.15, 0.2) is 5.78 Å². The van der Waals surface area contributed by atoms with Crippen molar-refractivity contribution in [1.29, 1.82) is 5.26 Å². The van der Waals surface area contributed by atoms with E-state index in [1.807, 2.05) is 19.9 Å². The SMILES string of the molecule is CCCCS/C(C#N)=C/[C@@H]1[C@@H](C(=O)CO)C1(C)C. The van der Waals surface area contributed by atoms with Crippen LogP contribution in [0.3, 0.4) is 0 Å². The lowest BCUT2D eigenvalue weighted by Gasteiger charge is -1.99. The molecule has 0 amide bonds. The zero-order valence-electron chi connectivity index (χ0n) is 11.3. The molecule has 0 saturated heterocycles. The van der Waals surface area contributed by atoms with Gasteiger partial charge in [-0.2, -0.15) is 5.26 Å². The van der Waals surface area contributed by atoms with Crippen molar-refractivity contribution in [2.75, 3.05) is 12.4 Å². The van der Waals surface area contributed by atoms with Crippen LogP contribution in [0.4, 0.5) is 0 Å². The number of thioether (sulfide) groups is 1. The molecular formula is C14H21NO2S. The molecule has 0 aromatic heterocycles. The van der Waals surface area contributed by atoms with Gasteiger partial charge in [-0.25, -0.2) is 0 Å². The molecule has 0 radical (unpaired) electrons. The Hall–Kier alpha value is -0.790. The summed E-state index contributed by atoms with van der Waals surface area (Å²) in [7, 11) is 0. The highest BCUT2D eigenvalue weighted by molar-refractivity contribution is 8.03. The van der Waals surface area contributed by atoms with E-state index in [-0.39, 0.29) is 23.0 Å². The van der Waals surface area contributed by atoms with Crippen molar-refractivity contribution in [3.8, 4) is 6.07 Å². The molecule has 0 bridgehead atoms. The smallest absolute Gasteiger partial charge is 0.162 e. The second-order valence-electron chi connectivity index (χ2n) is 5.29. The largest absolute Gasteiger partial charge is 0.389 e. The third kappa shape index (κ3) is 3.37. The van der Waals surface area contributed by atoms with Crippen LogP contribution in [0.15, 0.2) is 11.0 Å². The summed E-state index contributed by atoms with van der Waals surface area (Å²) in [5.41, 5.74) is -0.118. The van der Waals surface area contributed by atoms with Crippen molar-refractivity contribution in [2.24, 2.45) is 17.3 Å². The van der Waals surface area contributed by atoms with E-state index >= 15 is 0 Å². The third-order valence-corrected chi connectivity index (χ3v) is 4.64. The predicted octanol–water partition coefficient (Wildman–Crippen LogP) is 2.76. The lowest BCUT2D eigenvalue weighted by atomic mass is 10.1. The molecule has 1 N–H and O–H groups in total. The molecule has 2 atom stereocenters. The maximum atomic E-state index is 11.6. The number of hydrogen-bond acceptors (Lipinski definition) is 4. The highest BCUT2D eigenvalue weighted by Crippen LogP contribution is 2.59. The first-order chi connectivity index (χ1) is 8.48. The number of allylic oxidation sites excluding steroid dienone is 2. The monoisotopic (exact) mass is 267 g/mol. The number of unbranched alkanes of at least 4 members (excludes halogenated alkanes) is 1. The Kier molecular flexibility index (Phi) is 5.43. The Morgan fingerprint density at radius 3 is 2.72 bits per heavy atom. The molecule has 0 heterocycles. The summed E-state index contributed by atoms with van der Waals surface area (Å²) in [6, 6.07) is 2.20. The van der Waals surface area contributed by atoms with Crippen LogP contribution >= 0.6 is 11.8 Å². The van der Waals surface area contributed by atoms with Crippen molar-refractivity contribution in [3.05, 3.63) is 11.0 Å². The second kappa shape index (κ2) is 6.40. The standard InChI is InChI=1S/C14H21NO2S/c1-4-5-6-18-10(8-15)7-11-13(12(17)9-16)14(11,2)3/h7,11,13,16H,4-6,9H2,1-3H3/b10-7+/t11-,13+/m1/s1. The van der Waals surface area contributed by atoms with E-state index in [2.05, 4.69) is 13.0 Å². The maximum absolute atomic E-state index is 11.6. The number of rotatable bonds is 7. The van der Waals surface area contributed by atoms with Gasteiger partial charge in [0.25, 0.3) is 0 Å². The molecule has 0 aromatic carbocycles. The van der Waals surface area contributed by atoms with Gasteiger partial charge in [-0.15, -0.1) is 11.8 Å². The molecule has 3 nitrogen and oxygen atoms in total. The van der Waals surface area contributed by atoms with Gasteiger partial charge in [-0.1, -0.05) is 33.3 Å². The quantitative estimate of drug-likeness (QED) is 0.569. The van der Waals surface area contributed by atoms with E-state index in [0.717, 1.165) is 18.6 Å². The Balaban J connectivity index is 2.65. The number of Topliss-reactive ketones (excluding diaryl/α,β-unsaturated/α-hetero) is 1. The fourth-order valence-corrected chi connectivity index (χ4v) is 3.27. The number of nitrogens with zero attached hydrogens (tertiary/aromatic N) is 1. The third-order valence-electron chi connectivity index (χ3n) is 3.61. The molecular weight excluding hydrogens is 246 g/mol. The zero-order chi connectivity index (χ0) is 13.8. The van der Waals surface area contributed by atoms with Crippen LogP contribution in [0.1, 0.15) is 33.6 Å². The Bertz CT molecular complexity index is 382. The van der Waals surface area contributed by atoms with Gasteiger partial charge >= 0.3 is 0 Å². The summed E-state index contributed by atoms with van der Waals surface area (Å²) >= 11 is 1.56. The van der Waals surface area contributed by atoms with Gasteiger partial charge in [-0.3, -0.25) is 4.79 Å². The van der Waals surface area contributed by atoms with Crippen LogP contribution in [-0.4, -0.2) is 23.2 Å². The number of carbonyl (C=O) groups excluding carboxylic acids is 1. The second-order valence-corrected chi connectivity index (χ2v) is 6.43. The Morgan fingerprint density at radius 1 is 1.56 bits per heavy atom. The molecule has 0 aliphatic heterocycles. The van der Waals surface area contributed by atoms with Gasteiger partial charge in [0.2, 0.25) is 0 Å². The molecule has 1 saturated carbocycles. The first-order valence-electron chi connectivity index (χ1n) is 6.37. The van der Waals surface area contributed by atoms with Gasteiger partial charge in [0.1, 0.15) is 12.7 Å². The summed E-state index contributed by atoms with van der Waals surface area (Å²) < 4.78 is 0. The summed E-state index contributed by atoms with van der Waals surface area (Å²) in [5, 5.41) is 18.0. The number of ketones is 1. The maximum Gasteiger partial charge on any atom is 0.162 e. The van der Waals surface area contributed by atoms with Crippen molar-refractivity contribution in [3.63, 3.8) is 0 Å². The van der Waals surface area contributed by atoms with E-state index in [1.165, 1.54) is 0 Å². The minimum absolute atomic E-state index is 0.0981. The molecule has 1 aliphatic rings. The highest BCUT2D eigenvalue weighted by Gasteiger charge is 2.59. The number of nitriles is 1. The molecule has 1 rings (SSSR count). The van der Waals surface area contributed by atoms with Crippen LogP contribution in [0.25, 0.3) is 0 Å². The lowest BCUT2D eigenvalue weighted by molar-refractivity contribution is -0.123. The van der Waals surface area contributed by atoms with Crippen molar-refractivity contribution in [1.82, 2.24) is 0 Å². The molecule has 4 heteroatoms. The van der Waals surface area contributed by atoms with E-state index in [1.54, 1.807) is 11.8 Å². The van der Waals surface area contributed by atoms with E-state index in [0.29, 0.717) is 4.91 Å². The number of aliphatic hydroxyl groups excluding tert-OH is 1. The van der Waals surface area contributed by atoms with Crippen molar-refractivity contribution >= 4 is 17.5 Å². The first kappa shape index (κ1) is 15.3. The molecule has 0 spiro atoms. The number of hydrogen-bond donors (Lipinski definition) is 1. The van der Waals surface area contributed by atoms with Gasteiger partial charge in [0.05, 0.1) is 4.91 Å². The number of carbonyl (C=O) groups is 1. The topological polar surface area (TPSA) is 61.1 Å². The zero-order valence-corrected chi connectivity index (χ0v) is 12.1. The minimum atomic E-state index is -0.400. The van der Waals surface area contributed by atoms with E-state index in [4.69, 9.17) is 10.4 Å². The average Bonchev–Trinajstić information content (AvgIpc) is 2.88. The van der Waals surface area contributed by atoms with Crippen LogP contribution in [0.2, 0.25) is 0 Å². The number of aliphatic hydroxyl groups is 1. The van der Waals surface area contributed by atoms with E-state index < -0.39 is 6.61 Å². The summed E-state index contributed by atoms with van der Waals surface area (Å²) in [4.78, 5) is 12.3. The van der Waals surface area contributed by atoms with Crippen molar-refractivity contribution in [2.45, 2.75) is 33.6 Å². The molecule has 1 fully saturated rings. The van der Waals surface area contributed by atoms with Crippen LogP contribution in [0, 0.1) is 28.6 Å². The molecule has 100 valence electrons. The summed E-state index contributed by atoms with van der Waals surface area (Å²) in [6.45, 7) is 5.75. The lowest BCUT2D eigenvalue weighted by Crippen LogP contribution is -2.10. The van der Waals surface area contributed by atoms with Crippen LogP contribution < -0.4 is 0 Å². The van der Waals surface area contributed by atoms with Crippen molar-refractivity contribution < 1.29 is 9.90 Å². The van der Waals surface area contributed by atoms with Gasteiger partial charge < -0.3 is 5.11 Å². The molecule has 18 heavy (non-hydrogen) atoms. The van der Waals surface area contributed by atoms with Gasteiger partial charge in [-0.05, 0) is 23.5 Å². The average molecular weight is 267 g/mol. The van der Waals surface area contributed by atoms with Crippen LogP contribution in [-0.2, 0) is 4.79 Å². The molecule has 0 unspecified atom stereocenters. The van der Waals surface area contributed by atoms with Crippen LogP contribution in [0.5, 0.6) is 0 Å². The minimum Gasteiger partial charge on any atom is -0.389 e. The fourth-order valence-electron chi connectivity index (χ4n) is 2.31. The normalized spacial score (nSPS) is 25.6. The van der Waals surface area contributed by atoms with Gasteiger partial charge in [0, 0.05) is 5.92 Å². The Labute approximate surface area is 113 Å². The molecule has 0 aromatic rings. The Morgan fingerprint density at radius 2 is 2.22 bits per heavy atom. The predicted molar refractivity (Wildman–Crippen MR) is 73.9 cm³/mol. The van der Waals surface area contributed by atoms with E-state index in [9.17, 15) is 4.79 Å². The summed E-state index contributed by atoms with van der Waals surface area (Å²) in [5.74, 6) is 0.803. The highest BCUT2D eigenvalue weighted by atomic mass is 32.2. The summed E-state index contributed by atoms with van der Waals surface area (Å²) in [6.07, 6.45) is 4.13. The fraction of sp³-hybridized carbons (Fsp3) is 0.714. The molecule has 1 aliphatic carbocycles.